The Hall–Kier alpha value is -2.36. The summed E-state index contributed by atoms with van der Waals surface area (Å²) in [6.07, 6.45) is 4.66. The number of nitrogens with zero attached hydrogens (tertiary/aromatic N) is 1. The van der Waals surface area contributed by atoms with Gasteiger partial charge in [-0.3, -0.25) is 4.79 Å². The highest BCUT2D eigenvalue weighted by Crippen LogP contribution is 2.39. The smallest absolute Gasteiger partial charge is 0.331 e. The van der Waals surface area contributed by atoms with Crippen LogP contribution in [0.2, 0.25) is 5.02 Å². The molecule has 2 aromatic rings. The van der Waals surface area contributed by atoms with Gasteiger partial charge in [0, 0.05) is 21.0 Å². The zero-order valence-corrected chi connectivity index (χ0v) is 15.7. The number of benzene rings is 1. The van der Waals surface area contributed by atoms with Crippen LogP contribution in [-0.4, -0.2) is 24.0 Å². The van der Waals surface area contributed by atoms with Crippen LogP contribution in [-0.2, 0) is 14.3 Å². The highest BCUT2D eigenvalue weighted by atomic mass is 35.5. The van der Waals surface area contributed by atoms with Crippen molar-refractivity contribution in [2.45, 2.75) is 25.3 Å². The van der Waals surface area contributed by atoms with Crippen LogP contribution in [0.1, 0.15) is 24.6 Å². The molecule has 0 spiro atoms. The number of nitriles is 1. The van der Waals surface area contributed by atoms with Gasteiger partial charge in [-0.15, -0.1) is 11.3 Å². The molecule has 26 heavy (non-hydrogen) atoms. The van der Waals surface area contributed by atoms with Crippen molar-refractivity contribution in [1.29, 1.82) is 5.26 Å². The number of carbonyl (C=O) groups is 2. The SMILES string of the molecule is C[C@](C#N)(NC(=O)COC(=O)/C=C/c1sc2ccccc2c1Cl)C1CC1. The monoisotopic (exact) mass is 388 g/mol. The molecule has 0 aliphatic heterocycles. The number of ether oxygens (including phenoxy) is 1. The first-order chi connectivity index (χ1) is 12.4. The van der Waals surface area contributed by atoms with Crippen molar-refractivity contribution >= 4 is 51.0 Å². The third-order valence-electron chi connectivity index (χ3n) is 4.30. The van der Waals surface area contributed by atoms with Gasteiger partial charge in [-0.25, -0.2) is 4.79 Å². The maximum atomic E-state index is 11.9. The molecule has 0 bridgehead atoms. The van der Waals surface area contributed by atoms with Crippen molar-refractivity contribution in [3.8, 4) is 6.07 Å². The van der Waals surface area contributed by atoms with Crippen LogP contribution in [0.25, 0.3) is 16.2 Å². The minimum absolute atomic E-state index is 0.169. The predicted molar refractivity (Wildman–Crippen MR) is 102 cm³/mol. The second kappa shape index (κ2) is 7.48. The van der Waals surface area contributed by atoms with Crippen LogP contribution in [0.4, 0.5) is 0 Å². The number of thiophene rings is 1. The summed E-state index contributed by atoms with van der Waals surface area (Å²) >= 11 is 7.77. The predicted octanol–water partition coefficient (Wildman–Crippen LogP) is 3.92. The van der Waals surface area contributed by atoms with Gasteiger partial charge in [0.25, 0.3) is 5.91 Å². The molecule has 0 radical (unpaired) electrons. The third-order valence-corrected chi connectivity index (χ3v) is 5.96. The Kier molecular flexibility index (Phi) is 5.30. The van der Waals surface area contributed by atoms with Gasteiger partial charge < -0.3 is 10.1 Å². The number of amides is 1. The molecule has 1 aromatic heterocycles. The molecular formula is C19H17ClN2O3S. The van der Waals surface area contributed by atoms with E-state index in [0.717, 1.165) is 27.8 Å². The Balaban J connectivity index is 1.55. The molecular weight excluding hydrogens is 372 g/mol. The standard InChI is InChI=1S/C19H17ClN2O3S/c1-19(11-21,12-6-7-12)22-16(23)10-25-17(24)9-8-15-18(20)13-4-2-3-5-14(13)26-15/h2-5,8-9,12H,6-7,10H2,1H3,(H,22,23)/b9-8+/t19-/m1/s1. The number of halogens is 1. The minimum Gasteiger partial charge on any atom is -0.452 e. The average molecular weight is 389 g/mol. The fraction of sp³-hybridized carbons (Fsp3) is 0.316. The molecule has 1 aromatic carbocycles. The molecule has 1 amide bonds. The van der Waals surface area contributed by atoms with Crippen molar-refractivity contribution in [2.24, 2.45) is 5.92 Å². The van der Waals surface area contributed by atoms with Crippen LogP contribution in [0.15, 0.2) is 30.3 Å². The molecule has 1 fully saturated rings. The molecule has 134 valence electrons. The number of hydrogen-bond acceptors (Lipinski definition) is 5. The highest BCUT2D eigenvalue weighted by Gasteiger charge is 2.43. The van der Waals surface area contributed by atoms with E-state index in [9.17, 15) is 14.9 Å². The Morgan fingerprint density at radius 1 is 1.46 bits per heavy atom. The molecule has 3 rings (SSSR count). The molecule has 0 unspecified atom stereocenters. The maximum absolute atomic E-state index is 11.9. The summed E-state index contributed by atoms with van der Waals surface area (Å²) in [6.45, 7) is 1.26. The zero-order chi connectivity index (χ0) is 18.7. The van der Waals surface area contributed by atoms with Gasteiger partial charge in [0.1, 0.15) is 5.54 Å². The summed E-state index contributed by atoms with van der Waals surface area (Å²) in [5.41, 5.74) is -0.899. The summed E-state index contributed by atoms with van der Waals surface area (Å²) in [4.78, 5) is 24.5. The van der Waals surface area contributed by atoms with Crippen molar-refractivity contribution in [3.05, 3.63) is 40.2 Å². The lowest BCUT2D eigenvalue weighted by Crippen LogP contribution is -2.48. The fourth-order valence-corrected chi connectivity index (χ4v) is 4.08. The van der Waals surface area contributed by atoms with Crippen LogP contribution in [0.5, 0.6) is 0 Å². The van der Waals surface area contributed by atoms with Crippen molar-refractivity contribution in [2.75, 3.05) is 6.61 Å². The second-order valence-corrected chi connectivity index (χ2v) is 7.82. The molecule has 1 saturated carbocycles. The largest absolute Gasteiger partial charge is 0.452 e. The highest BCUT2D eigenvalue weighted by molar-refractivity contribution is 7.20. The minimum atomic E-state index is -0.899. The van der Waals surface area contributed by atoms with Gasteiger partial charge in [0.15, 0.2) is 6.61 Å². The van der Waals surface area contributed by atoms with Crippen LogP contribution >= 0.6 is 22.9 Å². The van der Waals surface area contributed by atoms with E-state index in [2.05, 4.69) is 11.4 Å². The van der Waals surface area contributed by atoms with E-state index >= 15 is 0 Å². The first-order valence-electron chi connectivity index (χ1n) is 8.17. The first-order valence-corrected chi connectivity index (χ1v) is 9.36. The van der Waals surface area contributed by atoms with Gasteiger partial charge in [-0.1, -0.05) is 29.8 Å². The number of rotatable bonds is 6. The fourth-order valence-electron chi connectivity index (χ4n) is 2.68. The summed E-state index contributed by atoms with van der Waals surface area (Å²) in [5, 5.41) is 13.4. The van der Waals surface area contributed by atoms with E-state index < -0.39 is 24.0 Å². The topological polar surface area (TPSA) is 79.2 Å². The Bertz CT molecular complexity index is 926. The quantitative estimate of drug-likeness (QED) is 0.600. The van der Waals surface area contributed by atoms with E-state index in [1.54, 1.807) is 13.0 Å². The normalized spacial score (nSPS) is 16.2. The van der Waals surface area contributed by atoms with Crippen LogP contribution in [0, 0.1) is 17.2 Å². The summed E-state index contributed by atoms with van der Waals surface area (Å²) in [7, 11) is 0. The third kappa shape index (κ3) is 4.06. The Labute approximate surface area is 160 Å². The van der Waals surface area contributed by atoms with Crippen molar-refractivity contribution in [3.63, 3.8) is 0 Å². The van der Waals surface area contributed by atoms with Gasteiger partial charge in [0.2, 0.25) is 0 Å². The molecule has 5 nitrogen and oxygen atoms in total. The van der Waals surface area contributed by atoms with Gasteiger partial charge in [0.05, 0.1) is 11.1 Å². The summed E-state index contributed by atoms with van der Waals surface area (Å²) in [6, 6.07) is 9.82. The lowest BCUT2D eigenvalue weighted by molar-refractivity contribution is -0.144. The zero-order valence-electron chi connectivity index (χ0n) is 14.1. The molecule has 1 aliphatic rings. The van der Waals surface area contributed by atoms with Gasteiger partial charge >= 0.3 is 5.97 Å². The lowest BCUT2D eigenvalue weighted by atomic mass is 9.98. The first kappa shape index (κ1) is 18.4. The molecule has 1 atom stereocenters. The van der Waals surface area contributed by atoms with Crippen LogP contribution in [0.3, 0.4) is 0 Å². The summed E-state index contributed by atoms with van der Waals surface area (Å²) in [5.74, 6) is -0.955. The molecule has 1 heterocycles. The second-order valence-electron chi connectivity index (χ2n) is 6.35. The molecule has 1 N–H and O–H groups in total. The van der Waals surface area contributed by atoms with E-state index in [1.165, 1.54) is 17.4 Å². The Morgan fingerprint density at radius 3 is 2.85 bits per heavy atom. The number of fused-ring (bicyclic) bond motifs is 1. The molecule has 1 aliphatic carbocycles. The molecule has 7 heteroatoms. The van der Waals surface area contributed by atoms with Gasteiger partial charge in [-0.05, 0) is 37.8 Å². The average Bonchev–Trinajstić information content (AvgIpc) is 3.44. The summed E-state index contributed by atoms with van der Waals surface area (Å²) < 4.78 is 5.97. The number of carbonyl (C=O) groups excluding carboxylic acids is 2. The van der Waals surface area contributed by atoms with E-state index in [1.807, 2.05) is 24.3 Å². The van der Waals surface area contributed by atoms with Gasteiger partial charge in [-0.2, -0.15) is 5.26 Å². The number of hydrogen-bond donors (Lipinski definition) is 1. The number of esters is 1. The maximum Gasteiger partial charge on any atom is 0.331 e. The number of nitrogens with one attached hydrogen (secondary N) is 1. The Morgan fingerprint density at radius 2 is 2.19 bits per heavy atom. The van der Waals surface area contributed by atoms with Crippen molar-refractivity contribution in [1.82, 2.24) is 5.32 Å². The van der Waals surface area contributed by atoms with Crippen LogP contribution < -0.4 is 5.32 Å². The van der Waals surface area contributed by atoms with Crippen molar-refractivity contribution < 1.29 is 14.3 Å². The van der Waals surface area contributed by atoms with E-state index in [4.69, 9.17) is 16.3 Å². The lowest BCUT2D eigenvalue weighted by Gasteiger charge is -2.22. The molecule has 0 saturated heterocycles. The van der Waals surface area contributed by atoms with E-state index in [-0.39, 0.29) is 5.92 Å². The van der Waals surface area contributed by atoms with E-state index in [0.29, 0.717) is 5.02 Å².